The number of aromatic nitrogens is 2. The smallest absolute Gasteiger partial charge is 0.224 e. The molecule has 2 N–H and O–H groups in total. The first-order valence-electron chi connectivity index (χ1n) is 8.21. The first kappa shape index (κ1) is 16.4. The van der Waals surface area contributed by atoms with Gasteiger partial charge in [-0.2, -0.15) is 4.98 Å². The van der Waals surface area contributed by atoms with Gasteiger partial charge in [0.2, 0.25) is 17.6 Å². The van der Waals surface area contributed by atoms with E-state index in [2.05, 4.69) is 20.8 Å². The van der Waals surface area contributed by atoms with E-state index in [-0.39, 0.29) is 12.5 Å². The first-order chi connectivity index (χ1) is 11.7. The molecule has 7 heteroatoms. The van der Waals surface area contributed by atoms with Crippen LogP contribution in [0.5, 0.6) is 5.75 Å². The van der Waals surface area contributed by atoms with Crippen molar-refractivity contribution >= 4 is 11.6 Å². The fourth-order valence-corrected chi connectivity index (χ4v) is 2.70. The van der Waals surface area contributed by atoms with Gasteiger partial charge in [-0.25, -0.2) is 0 Å². The zero-order valence-electron chi connectivity index (χ0n) is 13.7. The maximum absolute atomic E-state index is 12.0. The topological polar surface area (TPSA) is 89.3 Å². The van der Waals surface area contributed by atoms with E-state index in [0.29, 0.717) is 29.8 Å². The molecule has 1 aliphatic rings. The highest BCUT2D eigenvalue weighted by atomic mass is 16.5. The molecule has 24 heavy (non-hydrogen) atoms. The third kappa shape index (κ3) is 4.79. The minimum atomic E-state index is 0.0536. The zero-order valence-corrected chi connectivity index (χ0v) is 13.7. The van der Waals surface area contributed by atoms with E-state index in [9.17, 15) is 4.79 Å². The lowest BCUT2D eigenvalue weighted by atomic mass is 10.0. The number of amides is 1. The Hall–Kier alpha value is -2.41. The number of carbonyl (C=O) groups is 1. The predicted molar refractivity (Wildman–Crippen MR) is 88.6 cm³/mol. The molecule has 7 nitrogen and oxygen atoms in total. The van der Waals surface area contributed by atoms with E-state index >= 15 is 0 Å². The third-order valence-corrected chi connectivity index (χ3v) is 4.02. The Morgan fingerprint density at radius 2 is 2.25 bits per heavy atom. The van der Waals surface area contributed by atoms with Crippen LogP contribution in [0.1, 0.15) is 31.0 Å². The molecule has 0 bridgehead atoms. The Labute approximate surface area is 140 Å². The molecule has 1 fully saturated rings. The summed E-state index contributed by atoms with van der Waals surface area (Å²) < 4.78 is 10.5. The van der Waals surface area contributed by atoms with Crippen LogP contribution in [0.25, 0.3) is 0 Å². The second-order valence-corrected chi connectivity index (χ2v) is 5.99. The number of anilines is 1. The fraction of sp³-hybridized carbons (Fsp3) is 0.471. The number of nitrogens with zero attached hydrogens (tertiary/aromatic N) is 2. The van der Waals surface area contributed by atoms with E-state index in [1.807, 2.05) is 24.3 Å². The number of aryl methyl sites for hydroxylation is 1. The van der Waals surface area contributed by atoms with E-state index in [0.717, 1.165) is 25.2 Å². The van der Waals surface area contributed by atoms with Crippen LogP contribution in [0, 0.1) is 12.8 Å². The van der Waals surface area contributed by atoms with Crippen molar-refractivity contribution in [3.63, 3.8) is 0 Å². The maximum atomic E-state index is 12.0. The summed E-state index contributed by atoms with van der Waals surface area (Å²) >= 11 is 0. The number of nitrogens with one attached hydrogen (secondary N) is 2. The first-order valence-corrected chi connectivity index (χ1v) is 8.21. The summed E-state index contributed by atoms with van der Waals surface area (Å²) in [4.78, 5) is 16.0. The Morgan fingerprint density at radius 3 is 2.92 bits per heavy atom. The minimum Gasteiger partial charge on any atom is -0.485 e. The van der Waals surface area contributed by atoms with Gasteiger partial charge in [0.25, 0.3) is 0 Å². The second-order valence-electron chi connectivity index (χ2n) is 5.99. The van der Waals surface area contributed by atoms with Crippen LogP contribution in [0.4, 0.5) is 5.69 Å². The van der Waals surface area contributed by atoms with Gasteiger partial charge in [-0.1, -0.05) is 5.16 Å². The van der Waals surface area contributed by atoms with Crippen molar-refractivity contribution in [3.05, 3.63) is 36.0 Å². The largest absolute Gasteiger partial charge is 0.485 e. The molecule has 1 unspecified atom stereocenters. The van der Waals surface area contributed by atoms with Crippen molar-refractivity contribution in [2.24, 2.45) is 5.92 Å². The molecule has 2 heterocycles. The molecule has 0 spiro atoms. The molecule has 0 aliphatic carbocycles. The number of benzene rings is 1. The van der Waals surface area contributed by atoms with Gasteiger partial charge in [-0.05, 0) is 56.1 Å². The summed E-state index contributed by atoms with van der Waals surface area (Å²) in [7, 11) is 0. The number of rotatable bonds is 7. The number of carbonyl (C=O) groups excluding carboxylic acids is 1. The Bertz CT molecular complexity index is 663. The third-order valence-electron chi connectivity index (χ3n) is 4.02. The minimum absolute atomic E-state index is 0.0536. The van der Waals surface area contributed by atoms with Crippen molar-refractivity contribution in [1.82, 2.24) is 15.5 Å². The van der Waals surface area contributed by atoms with Crippen LogP contribution in [0.2, 0.25) is 0 Å². The van der Waals surface area contributed by atoms with Crippen molar-refractivity contribution < 1.29 is 14.1 Å². The van der Waals surface area contributed by atoms with Crippen LogP contribution < -0.4 is 15.4 Å². The predicted octanol–water partition coefficient (Wildman–Crippen LogP) is 2.29. The van der Waals surface area contributed by atoms with Crippen molar-refractivity contribution in [2.45, 2.75) is 32.8 Å². The van der Waals surface area contributed by atoms with Gasteiger partial charge >= 0.3 is 0 Å². The molecule has 3 rings (SSSR count). The normalized spacial score (nSPS) is 17.0. The summed E-state index contributed by atoms with van der Waals surface area (Å²) in [5, 5.41) is 10.0. The molecule has 1 aromatic heterocycles. The van der Waals surface area contributed by atoms with E-state index < -0.39 is 0 Å². The molecule has 0 radical (unpaired) electrons. The maximum Gasteiger partial charge on any atom is 0.224 e. The lowest BCUT2D eigenvalue weighted by Gasteiger charge is -2.09. The van der Waals surface area contributed by atoms with Crippen molar-refractivity contribution in [3.8, 4) is 5.75 Å². The molecule has 1 aliphatic heterocycles. The van der Waals surface area contributed by atoms with Crippen LogP contribution in [-0.2, 0) is 11.4 Å². The highest BCUT2D eigenvalue weighted by Crippen LogP contribution is 2.18. The summed E-state index contributed by atoms with van der Waals surface area (Å²) in [6.07, 6.45) is 2.66. The quantitative estimate of drug-likeness (QED) is 0.809. The summed E-state index contributed by atoms with van der Waals surface area (Å²) in [6.45, 7) is 4.08. The van der Waals surface area contributed by atoms with Crippen molar-refractivity contribution in [1.29, 1.82) is 0 Å². The van der Waals surface area contributed by atoms with Crippen LogP contribution in [0.3, 0.4) is 0 Å². The highest BCUT2D eigenvalue weighted by Gasteiger charge is 2.15. The fourth-order valence-electron chi connectivity index (χ4n) is 2.70. The molecular formula is C17H22N4O3. The van der Waals surface area contributed by atoms with Crippen LogP contribution in [-0.4, -0.2) is 29.1 Å². The number of hydrogen-bond donors (Lipinski definition) is 2. The average molecular weight is 330 g/mol. The zero-order chi connectivity index (χ0) is 16.8. The van der Waals surface area contributed by atoms with Gasteiger partial charge in [0.15, 0.2) is 6.61 Å². The molecule has 1 amide bonds. The highest BCUT2D eigenvalue weighted by molar-refractivity contribution is 5.90. The van der Waals surface area contributed by atoms with Gasteiger partial charge in [0.1, 0.15) is 5.75 Å². The van der Waals surface area contributed by atoms with Crippen LogP contribution >= 0.6 is 0 Å². The molecule has 2 aromatic rings. The van der Waals surface area contributed by atoms with Gasteiger partial charge in [0, 0.05) is 19.0 Å². The number of hydrogen-bond acceptors (Lipinski definition) is 6. The number of ether oxygens (including phenoxy) is 1. The lowest BCUT2D eigenvalue weighted by Crippen LogP contribution is -2.14. The standard InChI is InChI=1S/C17H22N4O3/c1-12-19-16(21-24-12)11-23-15-5-3-14(4-6-15)20-17(22)7-2-13-8-9-18-10-13/h3-6,13,18H,2,7-11H2,1H3,(H,20,22). The monoisotopic (exact) mass is 330 g/mol. The van der Waals surface area contributed by atoms with Gasteiger partial charge < -0.3 is 19.9 Å². The molecule has 1 atom stereocenters. The molecule has 1 aromatic carbocycles. The lowest BCUT2D eigenvalue weighted by molar-refractivity contribution is -0.116. The van der Waals surface area contributed by atoms with Crippen molar-refractivity contribution in [2.75, 3.05) is 18.4 Å². The second kappa shape index (κ2) is 7.92. The van der Waals surface area contributed by atoms with Gasteiger partial charge in [-0.3, -0.25) is 4.79 Å². The Kier molecular flexibility index (Phi) is 5.43. The average Bonchev–Trinajstić information content (AvgIpc) is 3.24. The molecule has 128 valence electrons. The molecule has 1 saturated heterocycles. The Balaban J connectivity index is 1.42. The summed E-state index contributed by atoms with van der Waals surface area (Å²) in [5.41, 5.74) is 0.771. The van der Waals surface area contributed by atoms with E-state index in [1.54, 1.807) is 6.92 Å². The summed E-state index contributed by atoms with van der Waals surface area (Å²) in [6, 6.07) is 7.27. The van der Waals surface area contributed by atoms with E-state index in [1.165, 1.54) is 6.42 Å². The molecule has 0 saturated carbocycles. The van der Waals surface area contributed by atoms with Gasteiger partial charge in [0.05, 0.1) is 0 Å². The molecular weight excluding hydrogens is 308 g/mol. The van der Waals surface area contributed by atoms with E-state index in [4.69, 9.17) is 9.26 Å². The summed E-state index contributed by atoms with van der Waals surface area (Å²) in [5.74, 6) is 2.39. The Morgan fingerprint density at radius 1 is 1.42 bits per heavy atom. The SMILES string of the molecule is Cc1nc(COc2ccc(NC(=O)CCC3CCNC3)cc2)no1. The van der Waals surface area contributed by atoms with Gasteiger partial charge in [-0.15, -0.1) is 0 Å². The van der Waals surface area contributed by atoms with Crippen LogP contribution in [0.15, 0.2) is 28.8 Å².